The molecule has 0 atom stereocenters. The summed E-state index contributed by atoms with van der Waals surface area (Å²) in [5, 5.41) is 20.2. The number of carbonyl (C=O) groups excluding carboxylic acids is 1. The first-order chi connectivity index (χ1) is 14.4. The minimum Gasteiger partial charge on any atom is -0.503 e. The Morgan fingerprint density at radius 1 is 1.13 bits per heavy atom. The Labute approximate surface area is 171 Å². The number of methoxy groups -OCH3 is 1. The fourth-order valence-corrected chi connectivity index (χ4v) is 3.31. The van der Waals surface area contributed by atoms with Gasteiger partial charge < -0.3 is 29.8 Å². The first-order valence-corrected chi connectivity index (χ1v) is 9.45. The quantitative estimate of drug-likeness (QED) is 0.424. The van der Waals surface area contributed by atoms with Crippen molar-refractivity contribution in [3.05, 3.63) is 63.7 Å². The van der Waals surface area contributed by atoms with E-state index in [9.17, 15) is 19.5 Å². The summed E-state index contributed by atoms with van der Waals surface area (Å²) in [5.41, 5.74) is 0.0998. The first-order valence-electron chi connectivity index (χ1n) is 9.45. The normalized spacial score (nSPS) is 11.0. The standard InChI is InChI=1S/C21H23N3O6/c1-30-10-9-24(8-4-5-13-11-22-16-7-3-2-6-14(13)16)20(27)17-19(26)18(25)15(12-23-17)21(28)29/h2-3,6-7,11-12,22,26H,4-5,8-10H2,1H3,(H,23,25)(H,28,29). The third-order valence-electron chi connectivity index (χ3n) is 4.90. The Balaban J connectivity index is 1.75. The number of carboxylic acids is 1. The van der Waals surface area contributed by atoms with Crippen LogP contribution in [0.1, 0.15) is 32.8 Å². The van der Waals surface area contributed by atoms with E-state index < -0.39 is 28.6 Å². The lowest BCUT2D eigenvalue weighted by Crippen LogP contribution is -2.36. The van der Waals surface area contributed by atoms with Crippen molar-refractivity contribution in [3.63, 3.8) is 0 Å². The molecule has 158 valence electrons. The molecule has 0 aliphatic rings. The Bertz CT molecular complexity index is 1120. The molecule has 3 rings (SSSR count). The van der Waals surface area contributed by atoms with Gasteiger partial charge in [0, 0.05) is 43.5 Å². The third-order valence-corrected chi connectivity index (χ3v) is 4.90. The zero-order valence-corrected chi connectivity index (χ0v) is 16.5. The molecule has 0 aliphatic heterocycles. The van der Waals surface area contributed by atoms with Gasteiger partial charge in [0.05, 0.1) is 6.61 Å². The molecule has 0 unspecified atom stereocenters. The number of aromatic carboxylic acids is 1. The number of benzene rings is 1. The molecule has 0 spiro atoms. The topological polar surface area (TPSA) is 136 Å². The lowest BCUT2D eigenvalue weighted by atomic mass is 10.1. The van der Waals surface area contributed by atoms with E-state index in [1.54, 1.807) is 0 Å². The van der Waals surface area contributed by atoms with E-state index in [4.69, 9.17) is 9.84 Å². The van der Waals surface area contributed by atoms with Crippen molar-refractivity contribution >= 4 is 22.8 Å². The molecule has 0 saturated carbocycles. The number of pyridine rings is 1. The number of amides is 1. The van der Waals surface area contributed by atoms with Crippen LogP contribution in [0.25, 0.3) is 10.9 Å². The number of para-hydroxylation sites is 1. The number of nitrogens with one attached hydrogen (secondary N) is 2. The predicted molar refractivity (Wildman–Crippen MR) is 110 cm³/mol. The van der Waals surface area contributed by atoms with Crippen LogP contribution in [-0.4, -0.2) is 63.8 Å². The van der Waals surface area contributed by atoms with Crippen LogP contribution in [0.2, 0.25) is 0 Å². The summed E-state index contributed by atoms with van der Waals surface area (Å²) >= 11 is 0. The number of hydrogen-bond acceptors (Lipinski definition) is 5. The third kappa shape index (κ3) is 4.36. The van der Waals surface area contributed by atoms with Crippen molar-refractivity contribution in [2.45, 2.75) is 12.8 Å². The van der Waals surface area contributed by atoms with Gasteiger partial charge in [-0.3, -0.25) is 9.59 Å². The Morgan fingerprint density at radius 3 is 2.63 bits per heavy atom. The van der Waals surface area contributed by atoms with Crippen molar-refractivity contribution in [2.24, 2.45) is 0 Å². The summed E-state index contributed by atoms with van der Waals surface area (Å²) in [6.45, 7) is 0.895. The van der Waals surface area contributed by atoms with Crippen molar-refractivity contribution in [1.29, 1.82) is 0 Å². The number of nitrogens with zero attached hydrogens (tertiary/aromatic N) is 1. The number of aromatic amines is 2. The molecule has 0 fully saturated rings. The van der Waals surface area contributed by atoms with Gasteiger partial charge in [0.1, 0.15) is 5.56 Å². The molecule has 9 nitrogen and oxygen atoms in total. The number of H-pyrrole nitrogens is 2. The maximum Gasteiger partial charge on any atom is 0.341 e. The number of carboxylic acid groups (broad SMARTS) is 1. The lowest BCUT2D eigenvalue weighted by molar-refractivity contribution is 0.0672. The van der Waals surface area contributed by atoms with E-state index in [0.29, 0.717) is 13.0 Å². The smallest absolute Gasteiger partial charge is 0.341 e. The van der Waals surface area contributed by atoms with Crippen LogP contribution >= 0.6 is 0 Å². The molecule has 0 radical (unpaired) electrons. The van der Waals surface area contributed by atoms with Crippen LogP contribution in [0, 0.1) is 0 Å². The van der Waals surface area contributed by atoms with Gasteiger partial charge in [-0.2, -0.15) is 0 Å². The molecule has 30 heavy (non-hydrogen) atoms. The maximum absolute atomic E-state index is 12.9. The van der Waals surface area contributed by atoms with Gasteiger partial charge in [-0.05, 0) is 24.5 Å². The predicted octanol–water partition coefficient (Wildman–Crippen LogP) is 1.98. The lowest BCUT2D eigenvalue weighted by Gasteiger charge is -2.22. The van der Waals surface area contributed by atoms with E-state index in [0.717, 1.165) is 29.1 Å². The molecule has 1 amide bonds. The van der Waals surface area contributed by atoms with Gasteiger partial charge >= 0.3 is 5.97 Å². The van der Waals surface area contributed by atoms with Crippen LogP contribution in [0.3, 0.4) is 0 Å². The van der Waals surface area contributed by atoms with E-state index in [-0.39, 0.29) is 18.8 Å². The molecule has 0 aliphatic carbocycles. The van der Waals surface area contributed by atoms with Crippen molar-refractivity contribution < 1.29 is 24.5 Å². The van der Waals surface area contributed by atoms with Gasteiger partial charge in [0.2, 0.25) is 5.43 Å². The molecule has 9 heteroatoms. The Morgan fingerprint density at radius 2 is 1.90 bits per heavy atom. The van der Waals surface area contributed by atoms with Gasteiger partial charge in [0.25, 0.3) is 5.91 Å². The molecular formula is C21H23N3O6. The fraction of sp³-hybridized carbons (Fsp3) is 0.286. The molecule has 1 aromatic carbocycles. The zero-order chi connectivity index (χ0) is 21.7. The largest absolute Gasteiger partial charge is 0.503 e. The summed E-state index contributed by atoms with van der Waals surface area (Å²) in [6, 6.07) is 7.94. The second-order valence-corrected chi connectivity index (χ2v) is 6.81. The van der Waals surface area contributed by atoms with Gasteiger partial charge in [0.15, 0.2) is 11.4 Å². The van der Waals surface area contributed by atoms with Crippen LogP contribution in [0.15, 0.2) is 41.5 Å². The summed E-state index contributed by atoms with van der Waals surface area (Å²) < 4.78 is 5.06. The number of rotatable bonds is 9. The average molecular weight is 413 g/mol. The highest BCUT2D eigenvalue weighted by atomic mass is 16.5. The van der Waals surface area contributed by atoms with Gasteiger partial charge in [-0.15, -0.1) is 0 Å². The van der Waals surface area contributed by atoms with Gasteiger partial charge in [-0.25, -0.2) is 4.79 Å². The molecule has 3 aromatic rings. The van der Waals surface area contributed by atoms with Crippen LogP contribution in [0.4, 0.5) is 0 Å². The molecule has 2 aromatic heterocycles. The van der Waals surface area contributed by atoms with E-state index >= 15 is 0 Å². The number of aromatic nitrogens is 2. The van der Waals surface area contributed by atoms with Crippen molar-refractivity contribution in [2.75, 3.05) is 26.8 Å². The number of aromatic hydroxyl groups is 1. The highest BCUT2D eigenvalue weighted by molar-refractivity contribution is 5.96. The number of aryl methyl sites for hydroxylation is 1. The SMILES string of the molecule is COCCN(CCCc1c[nH]c2ccccc12)C(=O)c1[nH]cc(C(=O)O)c(=O)c1O. The van der Waals surface area contributed by atoms with E-state index in [1.165, 1.54) is 12.0 Å². The first kappa shape index (κ1) is 21.1. The molecule has 0 bridgehead atoms. The highest BCUT2D eigenvalue weighted by Crippen LogP contribution is 2.19. The summed E-state index contributed by atoms with van der Waals surface area (Å²) in [6.07, 6.45) is 4.23. The molecule has 0 saturated heterocycles. The molecular weight excluding hydrogens is 390 g/mol. The Kier molecular flexibility index (Phi) is 6.53. The van der Waals surface area contributed by atoms with E-state index in [2.05, 4.69) is 9.97 Å². The number of ether oxygens (including phenoxy) is 1. The minimum absolute atomic E-state index is 0.255. The number of carbonyl (C=O) groups is 2. The number of fused-ring (bicyclic) bond motifs is 1. The highest BCUT2D eigenvalue weighted by Gasteiger charge is 2.24. The number of hydrogen-bond donors (Lipinski definition) is 4. The van der Waals surface area contributed by atoms with Crippen LogP contribution < -0.4 is 5.43 Å². The zero-order valence-electron chi connectivity index (χ0n) is 16.5. The van der Waals surface area contributed by atoms with Crippen LogP contribution in [-0.2, 0) is 11.2 Å². The van der Waals surface area contributed by atoms with Crippen LogP contribution in [0.5, 0.6) is 5.75 Å². The molecule has 4 N–H and O–H groups in total. The minimum atomic E-state index is -1.49. The van der Waals surface area contributed by atoms with Crippen molar-refractivity contribution in [1.82, 2.24) is 14.9 Å². The second-order valence-electron chi connectivity index (χ2n) is 6.81. The van der Waals surface area contributed by atoms with Gasteiger partial charge in [-0.1, -0.05) is 18.2 Å². The molecule has 2 heterocycles. The van der Waals surface area contributed by atoms with Crippen molar-refractivity contribution in [3.8, 4) is 5.75 Å². The maximum atomic E-state index is 12.9. The summed E-state index contributed by atoms with van der Waals surface area (Å²) in [5.74, 6) is -2.99. The Hall–Kier alpha value is -3.59. The average Bonchev–Trinajstić information content (AvgIpc) is 3.15. The second kappa shape index (κ2) is 9.27. The summed E-state index contributed by atoms with van der Waals surface area (Å²) in [4.78, 5) is 43.1. The fourth-order valence-electron chi connectivity index (χ4n) is 3.31. The summed E-state index contributed by atoms with van der Waals surface area (Å²) in [7, 11) is 1.51. The van der Waals surface area contributed by atoms with E-state index in [1.807, 2.05) is 30.5 Å². The monoisotopic (exact) mass is 413 g/mol.